The number of nitro groups is 1. The molecule has 1 saturated carbocycles. The van der Waals surface area contributed by atoms with Crippen LogP contribution in [-0.4, -0.2) is 55.3 Å². The number of imide groups is 1. The fraction of sp³-hybridized carbons (Fsp3) is 0.308. The summed E-state index contributed by atoms with van der Waals surface area (Å²) in [6.45, 7) is 0. The Bertz CT molecular complexity index is 1360. The molecule has 1 aliphatic heterocycles. The van der Waals surface area contributed by atoms with Crippen molar-refractivity contribution in [3.63, 3.8) is 0 Å². The molecule has 0 aromatic heterocycles. The maximum absolute atomic E-state index is 13.0. The Labute approximate surface area is 216 Å². The quantitative estimate of drug-likeness (QED) is 0.0972. The molecule has 2 aromatic rings. The van der Waals surface area contributed by atoms with Gasteiger partial charge in [-0.3, -0.25) is 19.7 Å². The first kappa shape index (κ1) is 24.9. The maximum atomic E-state index is 13.0. The number of allylic oxidation sites excluding steroid dienone is 2. The number of hydrazone groups is 1. The highest BCUT2D eigenvalue weighted by atomic mass is 16.6. The molecule has 2 bridgehead atoms. The van der Waals surface area contributed by atoms with Gasteiger partial charge >= 0.3 is 5.97 Å². The lowest BCUT2D eigenvalue weighted by Gasteiger charge is -2.14. The number of rotatable bonds is 8. The van der Waals surface area contributed by atoms with E-state index in [1.165, 1.54) is 39.5 Å². The van der Waals surface area contributed by atoms with Gasteiger partial charge in [0.15, 0.2) is 11.5 Å². The van der Waals surface area contributed by atoms with Crippen molar-refractivity contribution in [2.24, 2.45) is 28.8 Å². The normalized spacial score (nSPS) is 23.2. The minimum absolute atomic E-state index is 0.00876. The zero-order valence-electron chi connectivity index (χ0n) is 20.7. The van der Waals surface area contributed by atoms with Gasteiger partial charge in [0.25, 0.3) is 17.5 Å². The minimum atomic E-state index is -0.821. The van der Waals surface area contributed by atoms with Gasteiger partial charge in [0.1, 0.15) is 5.75 Å². The van der Waals surface area contributed by atoms with Crippen molar-refractivity contribution in [2.75, 3.05) is 21.3 Å². The van der Waals surface area contributed by atoms with Crippen molar-refractivity contribution >= 4 is 29.7 Å². The van der Waals surface area contributed by atoms with Crippen LogP contribution in [0, 0.1) is 33.8 Å². The lowest BCUT2D eigenvalue weighted by Crippen LogP contribution is -2.28. The molecular formula is C26H23N3O9. The Balaban J connectivity index is 1.44. The second-order valence-electron chi connectivity index (χ2n) is 9.02. The largest absolute Gasteiger partial charge is 0.493 e. The van der Waals surface area contributed by atoms with E-state index >= 15 is 0 Å². The Morgan fingerprint density at radius 2 is 1.58 bits per heavy atom. The van der Waals surface area contributed by atoms with E-state index in [1.54, 1.807) is 0 Å². The summed E-state index contributed by atoms with van der Waals surface area (Å²) in [7, 11) is 4.22. The number of hydrogen-bond donors (Lipinski definition) is 0. The average Bonchev–Trinajstić information content (AvgIpc) is 3.60. The van der Waals surface area contributed by atoms with Gasteiger partial charge in [-0.05, 0) is 36.5 Å². The molecule has 1 saturated heterocycles. The van der Waals surface area contributed by atoms with Crippen LogP contribution in [0.3, 0.4) is 0 Å². The first-order valence-electron chi connectivity index (χ1n) is 11.7. The van der Waals surface area contributed by atoms with E-state index in [0.29, 0.717) is 0 Å². The third-order valence-electron chi connectivity index (χ3n) is 7.07. The highest BCUT2D eigenvalue weighted by Gasteiger charge is 2.59. The van der Waals surface area contributed by atoms with Crippen LogP contribution >= 0.6 is 0 Å². The van der Waals surface area contributed by atoms with E-state index in [9.17, 15) is 24.5 Å². The number of methoxy groups -OCH3 is 3. The molecule has 4 atom stereocenters. The van der Waals surface area contributed by atoms with Crippen molar-refractivity contribution in [1.29, 1.82) is 0 Å². The first-order valence-corrected chi connectivity index (χ1v) is 11.7. The molecule has 0 N–H and O–H groups in total. The number of ether oxygens (including phenoxy) is 4. The van der Waals surface area contributed by atoms with Crippen LogP contribution in [0.1, 0.15) is 22.3 Å². The fourth-order valence-corrected chi connectivity index (χ4v) is 5.32. The number of non-ortho nitro benzene ring substituents is 1. The molecule has 0 unspecified atom stereocenters. The lowest BCUT2D eigenvalue weighted by molar-refractivity contribution is -0.384. The number of nitrogens with zero attached hydrogens (tertiary/aromatic N) is 3. The van der Waals surface area contributed by atoms with Crippen molar-refractivity contribution in [3.05, 3.63) is 63.7 Å². The van der Waals surface area contributed by atoms with E-state index in [-0.39, 0.29) is 51.6 Å². The highest BCUT2D eigenvalue weighted by molar-refractivity contribution is 6.07. The second kappa shape index (κ2) is 9.61. The summed E-state index contributed by atoms with van der Waals surface area (Å²) in [6, 6.07) is 6.33. The molecule has 12 heteroatoms. The number of carbonyl (C=O) groups excluding carboxylic acids is 3. The minimum Gasteiger partial charge on any atom is -0.493 e. The van der Waals surface area contributed by atoms with Crippen LogP contribution in [0.2, 0.25) is 0 Å². The molecular weight excluding hydrogens is 498 g/mol. The summed E-state index contributed by atoms with van der Waals surface area (Å²) in [6.07, 6.45) is 5.81. The molecule has 196 valence electrons. The number of hydrogen-bond acceptors (Lipinski definition) is 10. The predicted molar refractivity (Wildman–Crippen MR) is 131 cm³/mol. The summed E-state index contributed by atoms with van der Waals surface area (Å²) in [5, 5.41) is 16.2. The third-order valence-corrected chi connectivity index (χ3v) is 7.07. The van der Waals surface area contributed by atoms with E-state index in [4.69, 9.17) is 18.9 Å². The van der Waals surface area contributed by atoms with E-state index in [0.717, 1.165) is 29.8 Å². The number of benzene rings is 2. The Morgan fingerprint density at radius 3 is 2.11 bits per heavy atom. The molecule has 12 nitrogen and oxygen atoms in total. The summed E-state index contributed by atoms with van der Waals surface area (Å²) >= 11 is 0. The molecule has 0 radical (unpaired) electrons. The lowest BCUT2D eigenvalue weighted by atomic mass is 9.85. The van der Waals surface area contributed by atoms with Crippen molar-refractivity contribution in [3.8, 4) is 23.0 Å². The molecule has 2 aromatic carbocycles. The van der Waals surface area contributed by atoms with Gasteiger partial charge in [-0.15, -0.1) is 0 Å². The van der Waals surface area contributed by atoms with E-state index in [1.807, 2.05) is 12.2 Å². The van der Waals surface area contributed by atoms with Crippen LogP contribution in [-0.2, 0) is 9.59 Å². The summed E-state index contributed by atoms with van der Waals surface area (Å²) in [5.74, 6) is -1.85. The average molecular weight is 521 g/mol. The van der Waals surface area contributed by atoms with E-state index in [2.05, 4.69) is 5.10 Å². The number of carbonyl (C=O) groups is 3. The van der Waals surface area contributed by atoms with Crippen LogP contribution in [0.4, 0.5) is 5.69 Å². The van der Waals surface area contributed by atoms with Gasteiger partial charge < -0.3 is 18.9 Å². The van der Waals surface area contributed by atoms with Crippen LogP contribution < -0.4 is 18.9 Å². The highest BCUT2D eigenvalue weighted by Crippen LogP contribution is 2.52. The topological polar surface area (TPSA) is 147 Å². The van der Waals surface area contributed by atoms with Gasteiger partial charge in [0, 0.05) is 17.7 Å². The molecule has 3 aliphatic rings. The van der Waals surface area contributed by atoms with E-state index < -0.39 is 34.5 Å². The monoisotopic (exact) mass is 521 g/mol. The summed E-state index contributed by atoms with van der Waals surface area (Å²) in [5.41, 5.74) is -0.211. The number of nitro benzene ring substituents is 1. The van der Waals surface area contributed by atoms with Gasteiger partial charge in [-0.1, -0.05) is 12.2 Å². The molecule has 2 aliphatic carbocycles. The fourth-order valence-electron chi connectivity index (χ4n) is 5.32. The van der Waals surface area contributed by atoms with Gasteiger partial charge in [-0.2, -0.15) is 10.1 Å². The predicted octanol–water partition coefficient (Wildman–Crippen LogP) is 2.98. The zero-order chi connectivity index (χ0) is 27.1. The molecule has 0 spiro atoms. The number of amides is 2. The Kier molecular flexibility index (Phi) is 6.31. The standard InChI is InChI=1S/C26H23N3O9/c1-35-19-10-15(11-20(36-2)23(19)37-3)26(32)38-18-7-6-17(29(33)34)9-16(18)12-27-28-24(30)21-13-4-5-14(8-13)22(21)25(28)31/h4-7,9-14,21-22H,8H2,1-3H3/t13-,14-,21-,22+/m0/s1. The third kappa shape index (κ3) is 4.03. The van der Waals surface area contributed by atoms with Gasteiger partial charge in [0.05, 0.1) is 49.9 Å². The van der Waals surface area contributed by atoms with Crippen molar-refractivity contribution in [2.45, 2.75) is 6.42 Å². The van der Waals surface area contributed by atoms with Crippen molar-refractivity contribution < 1.29 is 38.3 Å². The van der Waals surface area contributed by atoms with Crippen molar-refractivity contribution in [1.82, 2.24) is 5.01 Å². The second-order valence-corrected chi connectivity index (χ2v) is 9.02. The van der Waals surface area contributed by atoms with Crippen LogP contribution in [0.25, 0.3) is 0 Å². The molecule has 5 rings (SSSR count). The van der Waals surface area contributed by atoms with Crippen LogP contribution in [0.15, 0.2) is 47.6 Å². The molecule has 2 fully saturated rings. The number of fused-ring (bicyclic) bond motifs is 5. The van der Waals surface area contributed by atoms with Crippen LogP contribution in [0.5, 0.6) is 23.0 Å². The Hall–Kier alpha value is -4.74. The van der Waals surface area contributed by atoms with Gasteiger partial charge in [-0.25, -0.2) is 4.79 Å². The van der Waals surface area contributed by atoms with Gasteiger partial charge in [0.2, 0.25) is 5.75 Å². The first-order chi connectivity index (χ1) is 18.3. The zero-order valence-corrected chi connectivity index (χ0v) is 20.7. The molecule has 2 amide bonds. The summed E-state index contributed by atoms with van der Waals surface area (Å²) in [4.78, 5) is 49.6. The number of esters is 1. The smallest absolute Gasteiger partial charge is 0.343 e. The SMILES string of the molecule is COc1cc(C(=O)Oc2ccc([N+](=O)[O-])cc2C=NN2C(=O)[C@@H]3[C@H](C2=O)[C@H]2C=C[C@H]3C2)cc(OC)c1OC. The Morgan fingerprint density at radius 1 is 0.974 bits per heavy atom. The summed E-state index contributed by atoms with van der Waals surface area (Å²) < 4.78 is 21.3. The molecule has 38 heavy (non-hydrogen) atoms. The molecule has 1 heterocycles. The maximum Gasteiger partial charge on any atom is 0.343 e.